The van der Waals surface area contributed by atoms with Crippen molar-refractivity contribution in [3.63, 3.8) is 0 Å². The second kappa shape index (κ2) is 5.76. The van der Waals surface area contributed by atoms with E-state index >= 15 is 0 Å². The molecule has 2 unspecified atom stereocenters. The van der Waals surface area contributed by atoms with Crippen LogP contribution in [-0.2, 0) is 4.79 Å². The SMILES string of the molecule is CCN(C(=O)NC1CC1c1ccccc1)C(C)(C)C(=O)O. The number of likely N-dealkylation sites (N-methyl/N-ethyl adjacent to an activating group) is 1. The molecule has 0 radical (unpaired) electrons. The lowest BCUT2D eigenvalue weighted by atomic mass is 10.0. The first-order valence-corrected chi connectivity index (χ1v) is 7.24. The van der Waals surface area contributed by atoms with Crippen molar-refractivity contribution in [3.8, 4) is 0 Å². The maximum Gasteiger partial charge on any atom is 0.329 e. The summed E-state index contributed by atoms with van der Waals surface area (Å²) in [5.41, 5.74) is -0.000905. The van der Waals surface area contributed by atoms with Crippen molar-refractivity contribution in [3.05, 3.63) is 35.9 Å². The van der Waals surface area contributed by atoms with Crippen LogP contribution in [0.3, 0.4) is 0 Å². The molecule has 2 atom stereocenters. The highest BCUT2D eigenvalue weighted by Gasteiger charge is 2.43. The van der Waals surface area contributed by atoms with Gasteiger partial charge in [0.15, 0.2) is 0 Å². The zero-order valence-electron chi connectivity index (χ0n) is 12.7. The van der Waals surface area contributed by atoms with E-state index in [0.717, 1.165) is 6.42 Å². The molecule has 5 heteroatoms. The van der Waals surface area contributed by atoms with E-state index in [4.69, 9.17) is 0 Å². The third kappa shape index (κ3) is 3.17. The van der Waals surface area contributed by atoms with E-state index in [2.05, 4.69) is 17.4 Å². The average molecular weight is 290 g/mol. The van der Waals surface area contributed by atoms with Crippen molar-refractivity contribution in [2.75, 3.05) is 6.54 Å². The molecule has 0 heterocycles. The van der Waals surface area contributed by atoms with Crippen molar-refractivity contribution in [1.29, 1.82) is 0 Å². The van der Waals surface area contributed by atoms with Gasteiger partial charge in [-0.3, -0.25) is 0 Å². The van der Waals surface area contributed by atoms with Crippen LogP contribution in [0.1, 0.15) is 38.7 Å². The Hall–Kier alpha value is -2.04. The van der Waals surface area contributed by atoms with E-state index in [1.807, 2.05) is 18.2 Å². The summed E-state index contributed by atoms with van der Waals surface area (Å²) in [6.07, 6.45) is 0.904. The fourth-order valence-corrected chi connectivity index (χ4v) is 2.57. The zero-order chi connectivity index (χ0) is 15.6. The second-order valence-corrected chi connectivity index (χ2v) is 5.92. The molecule has 0 spiro atoms. The first-order valence-electron chi connectivity index (χ1n) is 7.24. The van der Waals surface area contributed by atoms with E-state index in [-0.39, 0.29) is 12.1 Å². The van der Waals surface area contributed by atoms with E-state index in [9.17, 15) is 14.7 Å². The largest absolute Gasteiger partial charge is 0.480 e. The molecule has 0 saturated heterocycles. The molecule has 1 aliphatic carbocycles. The lowest BCUT2D eigenvalue weighted by molar-refractivity contribution is -0.147. The third-order valence-electron chi connectivity index (χ3n) is 4.09. The summed E-state index contributed by atoms with van der Waals surface area (Å²) in [6, 6.07) is 9.82. The number of amides is 2. The molecule has 1 aromatic rings. The predicted molar refractivity (Wildman–Crippen MR) is 80.2 cm³/mol. The highest BCUT2D eigenvalue weighted by atomic mass is 16.4. The number of nitrogens with one attached hydrogen (secondary N) is 1. The number of benzene rings is 1. The van der Waals surface area contributed by atoms with Crippen molar-refractivity contribution in [2.24, 2.45) is 0 Å². The van der Waals surface area contributed by atoms with E-state index in [0.29, 0.717) is 12.5 Å². The Bertz CT molecular complexity index is 528. The van der Waals surface area contributed by atoms with Crippen molar-refractivity contribution in [1.82, 2.24) is 10.2 Å². The Labute approximate surface area is 125 Å². The smallest absolute Gasteiger partial charge is 0.329 e. The van der Waals surface area contributed by atoms with Gasteiger partial charge in [0.25, 0.3) is 0 Å². The van der Waals surface area contributed by atoms with Crippen LogP contribution in [0, 0.1) is 0 Å². The number of carboxylic acids is 1. The summed E-state index contributed by atoms with van der Waals surface area (Å²) >= 11 is 0. The van der Waals surface area contributed by atoms with E-state index in [1.165, 1.54) is 10.5 Å². The van der Waals surface area contributed by atoms with Crippen LogP contribution >= 0.6 is 0 Å². The molecule has 1 aliphatic rings. The van der Waals surface area contributed by atoms with Crippen LogP contribution in [0.4, 0.5) is 4.79 Å². The number of nitrogens with zero attached hydrogens (tertiary/aromatic N) is 1. The fourth-order valence-electron chi connectivity index (χ4n) is 2.57. The molecule has 21 heavy (non-hydrogen) atoms. The van der Waals surface area contributed by atoms with Crippen LogP contribution in [-0.4, -0.2) is 40.1 Å². The van der Waals surface area contributed by atoms with E-state index < -0.39 is 11.5 Å². The maximum atomic E-state index is 12.3. The van der Waals surface area contributed by atoms with Crippen molar-refractivity contribution in [2.45, 2.75) is 44.7 Å². The molecular weight excluding hydrogens is 268 g/mol. The summed E-state index contributed by atoms with van der Waals surface area (Å²) in [6.45, 7) is 5.22. The highest BCUT2D eigenvalue weighted by Crippen LogP contribution is 2.40. The van der Waals surface area contributed by atoms with Crippen LogP contribution in [0.15, 0.2) is 30.3 Å². The quantitative estimate of drug-likeness (QED) is 0.875. The molecular formula is C16H22N2O3. The standard InChI is InChI=1S/C16H22N2O3/c1-4-18(16(2,3)14(19)20)15(21)17-13-10-12(13)11-8-6-5-7-9-11/h5-9,12-13H,4,10H2,1-3H3,(H,17,21)(H,19,20). The minimum atomic E-state index is -1.21. The molecule has 1 saturated carbocycles. The van der Waals surface area contributed by atoms with Gasteiger partial charge in [0.2, 0.25) is 0 Å². The van der Waals surface area contributed by atoms with Crippen molar-refractivity contribution < 1.29 is 14.7 Å². The molecule has 0 bridgehead atoms. The number of carboxylic acid groups (broad SMARTS) is 1. The van der Waals surface area contributed by atoms with Crippen LogP contribution in [0.5, 0.6) is 0 Å². The number of urea groups is 1. The summed E-state index contributed by atoms with van der Waals surface area (Å²) in [4.78, 5) is 25.0. The Morgan fingerprint density at radius 3 is 2.48 bits per heavy atom. The Balaban J connectivity index is 1.98. The van der Waals surface area contributed by atoms with Gasteiger partial charge in [0.1, 0.15) is 5.54 Å². The summed E-state index contributed by atoms with van der Waals surface area (Å²) in [5, 5.41) is 12.2. The van der Waals surface area contributed by atoms with Gasteiger partial charge in [0, 0.05) is 18.5 Å². The summed E-state index contributed by atoms with van der Waals surface area (Å²) in [5.74, 6) is -0.670. The fraction of sp³-hybridized carbons (Fsp3) is 0.500. The topological polar surface area (TPSA) is 69.6 Å². The number of hydrogen-bond acceptors (Lipinski definition) is 2. The van der Waals surface area contributed by atoms with Gasteiger partial charge >= 0.3 is 12.0 Å². The minimum Gasteiger partial charge on any atom is -0.480 e. The van der Waals surface area contributed by atoms with Crippen molar-refractivity contribution >= 4 is 12.0 Å². The molecule has 0 aliphatic heterocycles. The van der Waals surface area contributed by atoms with Gasteiger partial charge in [0.05, 0.1) is 0 Å². The van der Waals surface area contributed by atoms with Crippen LogP contribution in [0.2, 0.25) is 0 Å². The molecule has 0 aromatic heterocycles. The van der Waals surface area contributed by atoms with Gasteiger partial charge in [-0.1, -0.05) is 30.3 Å². The second-order valence-electron chi connectivity index (χ2n) is 5.92. The van der Waals surface area contributed by atoms with Gasteiger partial charge in [-0.15, -0.1) is 0 Å². The number of hydrogen-bond donors (Lipinski definition) is 2. The average Bonchev–Trinajstić information content (AvgIpc) is 3.19. The first-order chi connectivity index (χ1) is 9.87. The number of carbonyl (C=O) groups excluding carboxylic acids is 1. The number of aliphatic carboxylic acids is 1. The molecule has 114 valence electrons. The monoisotopic (exact) mass is 290 g/mol. The molecule has 1 aromatic carbocycles. The molecule has 1 fully saturated rings. The number of carbonyl (C=O) groups is 2. The highest BCUT2D eigenvalue weighted by molar-refractivity contribution is 5.85. The molecule has 2 N–H and O–H groups in total. The third-order valence-corrected chi connectivity index (χ3v) is 4.09. The van der Waals surface area contributed by atoms with Gasteiger partial charge in [-0.2, -0.15) is 0 Å². The minimum absolute atomic E-state index is 0.0959. The Morgan fingerprint density at radius 2 is 1.95 bits per heavy atom. The molecule has 2 rings (SSSR count). The van der Waals surface area contributed by atoms with Gasteiger partial charge < -0.3 is 15.3 Å². The predicted octanol–water partition coefficient (Wildman–Crippen LogP) is 2.44. The first kappa shape index (κ1) is 15.4. The maximum absolute atomic E-state index is 12.3. The zero-order valence-corrected chi connectivity index (χ0v) is 12.7. The molecule has 2 amide bonds. The Morgan fingerprint density at radius 1 is 1.33 bits per heavy atom. The van der Waals surface area contributed by atoms with Crippen LogP contribution < -0.4 is 5.32 Å². The van der Waals surface area contributed by atoms with E-state index in [1.54, 1.807) is 20.8 Å². The normalized spacial score (nSPS) is 20.7. The van der Waals surface area contributed by atoms with Crippen LogP contribution in [0.25, 0.3) is 0 Å². The lowest BCUT2D eigenvalue weighted by Gasteiger charge is -2.34. The lowest BCUT2D eigenvalue weighted by Crippen LogP contribution is -2.56. The Kier molecular flexibility index (Phi) is 4.21. The molecule has 5 nitrogen and oxygen atoms in total. The summed E-state index contributed by atoms with van der Waals surface area (Å²) in [7, 11) is 0. The number of rotatable bonds is 5. The summed E-state index contributed by atoms with van der Waals surface area (Å²) < 4.78 is 0. The van der Waals surface area contributed by atoms with Gasteiger partial charge in [-0.05, 0) is 32.8 Å². The van der Waals surface area contributed by atoms with Gasteiger partial charge in [-0.25, -0.2) is 9.59 Å².